The third-order valence-electron chi connectivity index (χ3n) is 3.75. The molecule has 1 aromatic rings. The highest BCUT2D eigenvalue weighted by molar-refractivity contribution is 8.18. The Bertz CT molecular complexity index is 716. The van der Waals surface area contributed by atoms with Gasteiger partial charge in [0.25, 0.3) is 5.91 Å². The van der Waals surface area contributed by atoms with Crippen LogP contribution >= 0.6 is 11.8 Å². The zero-order valence-corrected chi connectivity index (χ0v) is 17.1. The number of rotatable bonds is 6. The lowest BCUT2D eigenvalue weighted by Crippen LogP contribution is -2.35. The van der Waals surface area contributed by atoms with Crippen LogP contribution in [-0.4, -0.2) is 49.4 Å². The standard InChI is InChI=1S/C19H26N2O4S/c1-11(2)20-19-21(12(3)4)18(22)17(26-19)10-14-15(24-6)8-13(23-5)9-16(14)25-7/h8-12H,1-7H3/b17-10+,20-19?. The number of amides is 1. The average Bonchev–Trinajstić information content (AvgIpc) is 2.89. The van der Waals surface area contributed by atoms with E-state index in [0.29, 0.717) is 27.7 Å². The van der Waals surface area contributed by atoms with Gasteiger partial charge in [-0.05, 0) is 45.5 Å². The summed E-state index contributed by atoms with van der Waals surface area (Å²) in [6.07, 6.45) is 1.79. The molecule has 142 valence electrons. The minimum Gasteiger partial charge on any atom is -0.496 e. The molecule has 0 radical (unpaired) electrons. The second-order valence-corrected chi connectivity index (χ2v) is 7.34. The maximum absolute atomic E-state index is 12.9. The molecule has 7 heteroatoms. The molecule has 0 aliphatic carbocycles. The van der Waals surface area contributed by atoms with Crippen molar-refractivity contribution in [2.75, 3.05) is 21.3 Å². The lowest BCUT2D eigenvalue weighted by atomic mass is 10.1. The van der Waals surface area contributed by atoms with E-state index in [1.807, 2.05) is 27.7 Å². The second-order valence-electron chi connectivity index (χ2n) is 6.33. The first-order valence-corrected chi connectivity index (χ1v) is 9.24. The van der Waals surface area contributed by atoms with E-state index >= 15 is 0 Å². The van der Waals surface area contributed by atoms with Crippen molar-refractivity contribution in [2.45, 2.75) is 39.8 Å². The number of hydrogen-bond donors (Lipinski definition) is 0. The van der Waals surface area contributed by atoms with Crippen molar-refractivity contribution in [1.82, 2.24) is 4.90 Å². The number of methoxy groups -OCH3 is 3. The highest BCUT2D eigenvalue weighted by Crippen LogP contribution is 2.40. The largest absolute Gasteiger partial charge is 0.496 e. The van der Waals surface area contributed by atoms with Crippen molar-refractivity contribution in [3.05, 3.63) is 22.6 Å². The SMILES string of the molecule is COc1cc(OC)c(/C=C2/SC(=NC(C)C)N(C(C)C)C2=O)c(OC)c1. The summed E-state index contributed by atoms with van der Waals surface area (Å²) in [5.41, 5.74) is 0.696. The van der Waals surface area contributed by atoms with Crippen LogP contribution in [0.4, 0.5) is 0 Å². The van der Waals surface area contributed by atoms with Crippen LogP contribution in [0.5, 0.6) is 17.2 Å². The number of hydrogen-bond acceptors (Lipinski definition) is 6. The summed E-state index contributed by atoms with van der Waals surface area (Å²) in [7, 11) is 4.73. The van der Waals surface area contributed by atoms with E-state index in [2.05, 4.69) is 4.99 Å². The molecule has 1 aromatic carbocycles. The Morgan fingerprint density at radius 1 is 1.04 bits per heavy atom. The summed E-state index contributed by atoms with van der Waals surface area (Å²) in [5.74, 6) is 1.71. The number of benzene rings is 1. The van der Waals surface area contributed by atoms with Gasteiger partial charge in [0.2, 0.25) is 0 Å². The van der Waals surface area contributed by atoms with Gasteiger partial charge < -0.3 is 14.2 Å². The van der Waals surface area contributed by atoms with Gasteiger partial charge in [-0.2, -0.15) is 0 Å². The van der Waals surface area contributed by atoms with Gasteiger partial charge in [-0.3, -0.25) is 14.7 Å². The van der Waals surface area contributed by atoms with Crippen molar-refractivity contribution in [1.29, 1.82) is 0 Å². The van der Waals surface area contributed by atoms with E-state index in [9.17, 15) is 4.79 Å². The summed E-state index contributed by atoms with van der Waals surface area (Å²) >= 11 is 1.37. The Balaban J connectivity index is 2.54. The summed E-state index contributed by atoms with van der Waals surface area (Å²) in [6, 6.07) is 3.67. The number of ether oxygens (including phenoxy) is 3. The molecular weight excluding hydrogens is 352 g/mol. The van der Waals surface area contributed by atoms with Crippen LogP contribution in [0.3, 0.4) is 0 Å². The van der Waals surface area contributed by atoms with Crippen LogP contribution in [0.15, 0.2) is 22.0 Å². The van der Waals surface area contributed by atoms with Gasteiger partial charge in [-0.15, -0.1) is 0 Å². The van der Waals surface area contributed by atoms with Crippen LogP contribution < -0.4 is 14.2 Å². The Labute approximate surface area is 159 Å². The normalized spacial score (nSPS) is 17.7. The van der Waals surface area contributed by atoms with Gasteiger partial charge in [0.15, 0.2) is 5.17 Å². The van der Waals surface area contributed by atoms with Gasteiger partial charge in [-0.25, -0.2) is 0 Å². The maximum atomic E-state index is 12.9. The van der Waals surface area contributed by atoms with Gasteiger partial charge in [0.1, 0.15) is 17.2 Å². The lowest BCUT2D eigenvalue weighted by Gasteiger charge is -2.20. The van der Waals surface area contributed by atoms with E-state index < -0.39 is 0 Å². The molecule has 1 amide bonds. The van der Waals surface area contributed by atoms with Crippen LogP contribution in [0.25, 0.3) is 6.08 Å². The maximum Gasteiger partial charge on any atom is 0.266 e. The van der Waals surface area contributed by atoms with Crippen LogP contribution in [0.2, 0.25) is 0 Å². The van der Waals surface area contributed by atoms with Crippen molar-refractivity contribution in [3.8, 4) is 17.2 Å². The van der Waals surface area contributed by atoms with E-state index in [1.165, 1.54) is 11.8 Å². The highest BCUT2D eigenvalue weighted by Gasteiger charge is 2.35. The minimum absolute atomic E-state index is 0.0260. The first-order valence-electron chi connectivity index (χ1n) is 8.43. The molecule has 6 nitrogen and oxygen atoms in total. The Morgan fingerprint density at radius 2 is 1.62 bits per heavy atom. The Hall–Kier alpha value is -2.15. The van der Waals surface area contributed by atoms with Crippen LogP contribution in [-0.2, 0) is 4.79 Å². The molecule has 1 fully saturated rings. The van der Waals surface area contributed by atoms with Gasteiger partial charge in [-0.1, -0.05) is 0 Å². The van der Waals surface area contributed by atoms with E-state index in [1.54, 1.807) is 44.4 Å². The van der Waals surface area contributed by atoms with E-state index in [0.717, 1.165) is 5.17 Å². The van der Waals surface area contributed by atoms with Crippen molar-refractivity contribution in [3.63, 3.8) is 0 Å². The molecule has 1 heterocycles. The number of amidine groups is 1. The Kier molecular flexibility index (Phi) is 6.58. The molecule has 0 atom stereocenters. The zero-order valence-electron chi connectivity index (χ0n) is 16.3. The van der Waals surface area contributed by atoms with E-state index in [4.69, 9.17) is 14.2 Å². The predicted octanol–water partition coefficient (Wildman–Crippen LogP) is 3.80. The molecule has 1 aliphatic heterocycles. The quantitative estimate of drug-likeness (QED) is 0.705. The number of thioether (sulfide) groups is 1. The predicted molar refractivity (Wildman–Crippen MR) is 106 cm³/mol. The summed E-state index contributed by atoms with van der Waals surface area (Å²) in [4.78, 5) is 19.8. The van der Waals surface area contributed by atoms with Crippen LogP contribution in [0, 0.1) is 0 Å². The van der Waals surface area contributed by atoms with Crippen LogP contribution in [0.1, 0.15) is 33.3 Å². The molecular formula is C19H26N2O4S. The molecule has 26 heavy (non-hydrogen) atoms. The van der Waals surface area contributed by atoms with Gasteiger partial charge in [0.05, 0.1) is 31.8 Å². The zero-order chi connectivity index (χ0) is 19.4. The molecule has 0 N–H and O–H groups in total. The van der Waals surface area contributed by atoms with E-state index in [-0.39, 0.29) is 18.0 Å². The fourth-order valence-electron chi connectivity index (χ4n) is 2.56. The highest BCUT2D eigenvalue weighted by atomic mass is 32.2. The fraction of sp³-hybridized carbons (Fsp3) is 0.474. The smallest absolute Gasteiger partial charge is 0.266 e. The molecule has 0 bridgehead atoms. The first-order chi connectivity index (χ1) is 12.3. The average molecular weight is 378 g/mol. The molecule has 0 spiro atoms. The third kappa shape index (κ3) is 4.15. The Morgan fingerprint density at radius 3 is 2.04 bits per heavy atom. The van der Waals surface area contributed by atoms with Crippen molar-refractivity contribution >= 4 is 28.9 Å². The number of carbonyl (C=O) groups excluding carboxylic acids is 1. The minimum atomic E-state index is -0.0654. The third-order valence-corrected chi connectivity index (χ3v) is 4.75. The molecule has 2 rings (SSSR count). The van der Waals surface area contributed by atoms with Crippen molar-refractivity contribution < 1.29 is 19.0 Å². The number of aliphatic imine (C=N–C) groups is 1. The molecule has 0 unspecified atom stereocenters. The molecule has 0 aromatic heterocycles. The topological polar surface area (TPSA) is 60.4 Å². The lowest BCUT2D eigenvalue weighted by molar-refractivity contribution is -0.123. The van der Waals surface area contributed by atoms with Gasteiger partial charge >= 0.3 is 0 Å². The number of nitrogens with zero attached hydrogens (tertiary/aromatic N) is 2. The molecule has 0 saturated carbocycles. The molecule has 1 saturated heterocycles. The summed E-state index contributed by atoms with van der Waals surface area (Å²) in [5, 5.41) is 0.720. The van der Waals surface area contributed by atoms with Crippen molar-refractivity contribution in [2.24, 2.45) is 4.99 Å². The summed E-state index contributed by atoms with van der Waals surface area (Å²) in [6.45, 7) is 7.94. The van der Waals surface area contributed by atoms with Gasteiger partial charge in [0, 0.05) is 24.2 Å². The molecule has 1 aliphatic rings. The monoisotopic (exact) mass is 378 g/mol. The summed E-state index contributed by atoms with van der Waals surface area (Å²) < 4.78 is 16.2. The first kappa shape index (κ1) is 20.2. The second kappa shape index (κ2) is 8.49. The number of carbonyl (C=O) groups is 1. The fourth-order valence-corrected chi connectivity index (χ4v) is 3.77.